The largest absolute Gasteiger partial charge is 0.375 e. The summed E-state index contributed by atoms with van der Waals surface area (Å²) in [5.74, 6) is -0.435. The molecule has 1 atom stereocenters. The van der Waals surface area contributed by atoms with Crippen LogP contribution in [-0.4, -0.2) is 48.9 Å². The Morgan fingerprint density at radius 3 is 2.61 bits per heavy atom. The van der Waals surface area contributed by atoms with Crippen LogP contribution in [0.25, 0.3) is 0 Å². The van der Waals surface area contributed by atoms with E-state index in [1.165, 1.54) is 18.4 Å². The molecule has 28 heavy (non-hydrogen) atoms. The van der Waals surface area contributed by atoms with Gasteiger partial charge in [-0.15, -0.1) is 11.3 Å². The zero-order chi connectivity index (χ0) is 20.3. The number of nitrogens with zero attached hydrogens (tertiary/aromatic N) is 1. The molecule has 0 aromatic carbocycles. The molecule has 154 valence electrons. The summed E-state index contributed by atoms with van der Waals surface area (Å²) < 4.78 is 4.98. The fraction of sp³-hybridized carbons (Fsp3) is 0.650. The second-order valence-electron chi connectivity index (χ2n) is 7.86. The Balaban J connectivity index is 1.76. The number of primary amides is 1. The minimum atomic E-state index is -0.509. The molecule has 0 saturated heterocycles. The zero-order valence-corrected chi connectivity index (χ0v) is 17.4. The van der Waals surface area contributed by atoms with E-state index < -0.39 is 5.91 Å². The molecule has 0 bridgehead atoms. The maximum Gasteiger partial charge on any atom is 0.251 e. The molecule has 1 aromatic heterocycles. The van der Waals surface area contributed by atoms with E-state index in [2.05, 4.69) is 12.2 Å². The SMILES string of the molecule is COCC(=O)N(CC(=O)Nc1sc2c(c1C(N)=O)CC[C@@H](C)C2)C1CCCC1. The molecule has 3 rings (SSSR count). The predicted octanol–water partition coefficient (Wildman–Crippen LogP) is 2.33. The number of ether oxygens (including phenoxy) is 1. The van der Waals surface area contributed by atoms with Crippen LogP contribution >= 0.6 is 11.3 Å². The normalized spacial score (nSPS) is 19.3. The van der Waals surface area contributed by atoms with Gasteiger partial charge in [0.25, 0.3) is 5.91 Å². The zero-order valence-electron chi connectivity index (χ0n) is 16.6. The summed E-state index contributed by atoms with van der Waals surface area (Å²) in [6.45, 7) is 2.11. The first-order valence-electron chi connectivity index (χ1n) is 9.93. The van der Waals surface area contributed by atoms with E-state index >= 15 is 0 Å². The monoisotopic (exact) mass is 407 g/mol. The summed E-state index contributed by atoms with van der Waals surface area (Å²) in [7, 11) is 1.47. The highest BCUT2D eigenvalue weighted by Gasteiger charge is 2.30. The van der Waals surface area contributed by atoms with Gasteiger partial charge in [0.15, 0.2) is 0 Å². The Bertz CT molecular complexity index is 755. The highest BCUT2D eigenvalue weighted by atomic mass is 32.1. The van der Waals surface area contributed by atoms with Gasteiger partial charge in [-0.25, -0.2) is 0 Å². The maximum atomic E-state index is 12.7. The van der Waals surface area contributed by atoms with Gasteiger partial charge in [0.2, 0.25) is 11.8 Å². The van der Waals surface area contributed by atoms with Crippen LogP contribution in [0.1, 0.15) is 59.8 Å². The van der Waals surface area contributed by atoms with Crippen molar-refractivity contribution in [1.82, 2.24) is 4.90 Å². The molecule has 0 radical (unpaired) electrons. The van der Waals surface area contributed by atoms with Crippen molar-refractivity contribution in [1.29, 1.82) is 0 Å². The van der Waals surface area contributed by atoms with Crippen LogP contribution in [0.3, 0.4) is 0 Å². The lowest BCUT2D eigenvalue weighted by Gasteiger charge is -2.28. The van der Waals surface area contributed by atoms with Crippen LogP contribution in [-0.2, 0) is 27.2 Å². The van der Waals surface area contributed by atoms with Gasteiger partial charge in [-0.05, 0) is 43.6 Å². The number of nitrogens with one attached hydrogen (secondary N) is 1. The standard InChI is InChI=1S/C20H29N3O4S/c1-12-7-8-14-15(9-12)28-20(18(14)19(21)26)22-16(24)10-23(17(25)11-27-2)13-5-3-4-6-13/h12-13H,3-11H2,1-2H3,(H2,21,26)(H,22,24)/t12-/m1/s1. The minimum absolute atomic E-state index is 0.0377. The van der Waals surface area contributed by atoms with Crippen molar-refractivity contribution in [2.75, 3.05) is 25.6 Å². The van der Waals surface area contributed by atoms with Gasteiger partial charge in [-0.1, -0.05) is 19.8 Å². The van der Waals surface area contributed by atoms with Crippen LogP contribution in [0.2, 0.25) is 0 Å². The van der Waals surface area contributed by atoms with Crippen molar-refractivity contribution in [3.05, 3.63) is 16.0 Å². The lowest BCUT2D eigenvalue weighted by atomic mass is 9.88. The van der Waals surface area contributed by atoms with E-state index in [1.807, 2.05) is 0 Å². The number of thiophene rings is 1. The second-order valence-corrected chi connectivity index (χ2v) is 8.97. The molecule has 1 saturated carbocycles. The van der Waals surface area contributed by atoms with Gasteiger partial charge in [0, 0.05) is 18.0 Å². The second kappa shape index (κ2) is 9.05. The number of carbonyl (C=O) groups excluding carboxylic acids is 3. The van der Waals surface area contributed by atoms with Crippen molar-refractivity contribution >= 4 is 34.1 Å². The van der Waals surface area contributed by atoms with Crippen molar-refractivity contribution in [3.63, 3.8) is 0 Å². The van der Waals surface area contributed by atoms with Gasteiger partial charge < -0.3 is 20.7 Å². The quantitative estimate of drug-likeness (QED) is 0.724. The molecule has 2 aliphatic carbocycles. The topological polar surface area (TPSA) is 102 Å². The summed E-state index contributed by atoms with van der Waals surface area (Å²) in [6.07, 6.45) is 6.65. The van der Waals surface area contributed by atoms with E-state index in [4.69, 9.17) is 10.5 Å². The van der Waals surface area contributed by atoms with Gasteiger partial charge in [0.1, 0.15) is 18.2 Å². The molecule has 0 unspecified atom stereocenters. The average molecular weight is 408 g/mol. The first-order valence-corrected chi connectivity index (χ1v) is 10.7. The Labute approximate surface area is 169 Å². The number of fused-ring (bicyclic) bond motifs is 1. The summed E-state index contributed by atoms with van der Waals surface area (Å²) >= 11 is 1.44. The van der Waals surface area contributed by atoms with E-state index in [-0.39, 0.29) is 31.0 Å². The lowest BCUT2D eigenvalue weighted by Crippen LogP contribution is -2.45. The minimum Gasteiger partial charge on any atom is -0.375 e. The molecular weight excluding hydrogens is 378 g/mol. The summed E-state index contributed by atoms with van der Waals surface area (Å²) in [5.41, 5.74) is 7.04. The molecule has 8 heteroatoms. The molecule has 1 aromatic rings. The Hall–Kier alpha value is -1.93. The van der Waals surface area contributed by atoms with Crippen LogP contribution in [0.15, 0.2) is 0 Å². The fourth-order valence-corrected chi connectivity index (χ4v) is 5.70. The van der Waals surface area contributed by atoms with E-state index in [9.17, 15) is 14.4 Å². The third-order valence-electron chi connectivity index (χ3n) is 5.68. The molecule has 0 spiro atoms. The number of amides is 3. The van der Waals surface area contributed by atoms with Crippen LogP contribution < -0.4 is 11.1 Å². The fourth-order valence-electron chi connectivity index (χ4n) is 4.26. The van der Waals surface area contributed by atoms with Gasteiger partial charge in [0.05, 0.1) is 5.56 Å². The molecular formula is C20H29N3O4S. The van der Waals surface area contributed by atoms with Gasteiger partial charge in [-0.2, -0.15) is 0 Å². The van der Waals surface area contributed by atoms with Crippen molar-refractivity contribution in [2.45, 2.75) is 57.9 Å². The molecule has 3 amide bonds. The summed E-state index contributed by atoms with van der Waals surface area (Å²) in [5, 5.41) is 3.37. The number of carbonyl (C=O) groups is 3. The third-order valence-corrected chi connectivity index (χ3v) is 6.85. The molecule has 7 nitrogen and oxygen atoms in total. The van der Waals surface area contributed by atoms with Gasteiger partial charge in [-0.3, -0.25) is 14.4 Å². The number of nitrogens with two attached hydrogens (primary N) is 1. The number of rotatable bonds is 7. The Morgan fingerprint density at radius 1 is 1.25 bits per heavy atom. The number of anilines is 1. The molecule has 1 heterocycles. The van der Waals surface area contributed by atoms with Crippen molar-refractivity contribution < 1.29 is 19.1 Å². The van der Waals surface area contributed by atoms with E-state index in [1.54, 1.807) is 4.90 Å². The van der Waals surface area contributed by atoms with Gasteiger partial charge >= 0.3 is 0 Å². The number of methoxy groups -OCH3 is 1. The third kappa shape index (κ3) is 4.55. The van der Waals surface area contributed by atoms with Crippen molar-refractivity contribution in [2.24, 2.45) is 11.7 Å². The smallest absolute Gasteiger partial charge is 0.251 e. The van der Waals surface area contributed by atoms with Crippen LogP contribution in [0.5, 0.6) is 0 Å². The molecule has 1 fully saturated rings. The predicted molar refractivity (Wildman–Crippen MR) is 109 cm³/mol. The first-order chi connectivity index (χ1) is 13.4. The number of hydrogen-bond acceptors (Lipinski definition) is 5. The van der Waals surface area contributed by atoms with Crippen molar-refractivity contribution in [3.8, 4) is 0 Å². The maximum absolute atomic E-state index is 12.7. The summed E-state index contributed by atoms with van der Waals surface area (Å²) in [6, 6.07) is 0.0707. The highest BCUT2D eigenvalue weighted by molar-refractivity contribution is 7.17. The van der Waals surface area contributed by atoms with Crippen LogP contribution in [0, 0.1) is 5.92 Å². The van der Waals surface area contributed by atoms with Crippen LogP contribution in [0.4, 0.5) is 5.00 Å². The average Bonchev–Trinajstić information content (AvgIpc) is 3.26. The highest BCUT2D eigenvalue weighted by Crippen LogP contribution is 2.39. The Kier molecular flexibility index (Phi) is 6.72. The molecule has 2 aliphatic rings. The molecule has 0 aliphatic heterocycles. The first kappa shape index (κ1) is 20.8. The van der Waals surface area contributed by atoms with E-state index in [0.29, 0.717) is 16.5 Å². The number of hydrogen-bond donors (Lipinski definition) is 2. The lowest BCUT2D eigenvalue weighted by molar-refractivity contribution is -0.140. The van der Waals surface area contributed by atoms with E-state index in [0.717, 1.165) is 55.4 Å². The Morgan fingerprint density at radius 2 is 1.96 bits per heavy atom. The molecule has 3 N–H and O–H groups in total. The summed E-state index contributed by atoms with van der Waals surface area (Å²) in [4.78, 5) is 40.0.